The van der Waals surface area contributed by atoms with Crippen LogP contribution >= 0.6 is 22.9 Å². The van der Waals surface area contributed by atoms with Crippen LogP contribution in [0.2, 0.25) is 4.34 Å². The van der Waals surface area contributed by atoms with Gasteiger partial charge in [0.25, 0.3) is 0 Å². The molecule has 0 unspecified atom stereocenters. The van der Waals surface area contributed by atoms with Crippen LogP contribution < -0.4 is 0 Å². The second kappa shape index (κ2) is 3.02. The molecule has 0 atom stereocenters. The molecule has 0 amide bonds. The van der Waals surface area contributed by atoms with Crippen molar-refractivity contribution in [3.05, 3.63) is 21.3 Å². The summed E-state index contributed by atoms with van der Waals surface area (Å²) >= 11 is 7.47. The minimum Gasteiger partial charge on any atom is -0.390 e. The Morgan fingerprint density at radius 2 is 2.33 bits per heavy atom. The van der Waals surface area contributed by atoms with Crippen molar-refractivity contribution in [2.24, 2.45) is 0 Å². The highest BCUT2D eigenvalue weighted by Gasteiger charge is 2.34. The van der Waals surface area contributed by atoms with E-state index in [2.05, 4.69) is 0 Å². The normalized spacial score (nSPS) is 20.5. The SMILES string of the molecule is OC1(Cc2ccsc2Cl)CCC1. The zero-order valence-corrected chi connectivity index (χ0v) is 8.29. The highest BCUT2D eigenvalue weighted by Crippen LogP contribution is 2.37. The van der Waals surface area contributed by atoms with E-state index in [0.29, 0.717) is 0 Å². The number of thiophene rings is 1. The van der Waals surface area contributed by atoms with Gasteiger partial charge >= 0.3 is 0 Å². The Morgan fingerprint density at radius 1 is 1.58 bits per heavy atom. The highest BCUT2D eigenvalue weighted by molar-refractivity contribution is 7.14. The molecule has 1 saturated carbocycles. The predicted molar refractivity (Wildman–Crippen MR) is 51.8 cm³/mol. The Balaban J connectivity index is 2.08. The smallest absolute Gasteiger partial charge is 0.0961 e. The first-order chi connectivity index (χ1) is 5.70. The van der Waals surface area contributed by atoms with Gasteiger partial charge in [-0.1, -0.05) is 11.6 Å². The first-order valence-corrected chi connectivity index (χ1v) is 5.40. The Morgan fingerprint density at radius 3 is 2.75 bits per heavy atom. The monoisotopic (exact) mass is 202 g/mol. The maximum absolute atomic E-state index is 9.85. The molecule has 3 heteroatoms. The molecular weight excluding hydrogens is 192 g/mol. The standard InChI is InChI=1S/C9H11ClOS/c10-8-7(2-5-12-8)6-9(11)3-1-4-9/h2,5,11H,1,3-4,6H2. The van der Waals surface area contributed by atoms with E-state index in [1.54, 1.807) is 0 Å². The quantitative estimate of drug-likeness (QED) is 0.782. The fraction of sp³-hybridized carbons (Fsp3) is 0.556. The van der Waals surface area contributed by atoms with Crippen molar-refractivity contribution < 1.29 is 5.11 Å². The second-order valence-electron chi connectivity index (χ2n) is 3.47. The molecule has 0 saturated heterocycles. The van der Waals surface area contributed by atoms with Crippen molar-refractivity contribution in [1.29, 1.82) is 0 Å². The molecule has 66 valence electrons. The second-order valence-corrected chi connectivity index (χ2v) is 4.99. The summed E-state index contributed by atoms with van der Waals surface area (Å²) in [7, 11) is 0. The van der Waals surface area contributed by atoms with E-state index in [9.17, 15) is 5.11 Å². The van der Waals surface area contributed by atoms with E-state index in [4.69, 9.17) is 11.6 Å². The molecule has 1 aliphatic carbocycles. The molecule has 1 nitrogen and oxygen atoms in total. The van der Waals surface area contributed by atoms with Crippen LogP contribution in [0.4, 0.5) is 0 Å². The van der Waals surface area contributed by atoms with E-state index >= 15 is 0 Å². The highest BCUT2D eigenvalue weighted by atomic mass is 35.5. The molecule has 0 radical (unpaired) electrons. The van der Waals surface area contributed by atoms with Gasteiger partial charge in [0.15, 0.2) is 0 Å². The lowest BCUT2D eigenvalue weighted by Gasteiger charge is -2.36. The summed E-state index contributed by atoms with van der Waals surface area (Å²) in [5, 5.41) is 11.8. The average molecular weight is 203 g/mol. The maximum atomic E-state index is 9.85. The number of rotatable bonds is 2. The predicted octanol–water partition coefficient (Wildman–Crippen LogP) is 2.86. The average Bonchev–Trinajstić information content (AvgIpc) is 2.34. The largest absolute Gasteiger partial charge is 0.390 e. The summed E-state index contributed by atoms with van der Waals surface area (Å²) < 4.78 is 0.829. The summed E-state index contributed by atoms with van der Waals surface area (Å²) in [4.78, 5) is 0. The van der Waals surface area contributed by atoms with E-state index in [-0.39, 0.29) is 0 Å². The number of hydrogen-bond donors (Lipinski definition) is 1. The van der Waals surface area contributed by atoms with Crippen LogP contribution in [0, 0.1) is 0 Å². The maximum Gasteiger partial charge on any atom is 0.0961 e. The minimum atomic E-state index is -0.440. The van der Waals surface area contributed by atoms with Crippen LogP contribution in [0.15, 0.2) is 11.4 Å². The van der Waals surface area contributed by atoms with Gasteiger partial charge in [0.05, 0.1) is 9.94 Å². The Hall–Kier alpha value is -0.0500. The van der Waals surface area contributed by atoms with Crippen molar-refractivity contribution in [2.45, 2.75) is 31.3 Å². The van der Waals surface area contributed by atoms with Crippen molar-refractivity contribution in [2.75, 3.05) is 0 Å². The zero-order chi connectivity index (χ0) is 8.60. The third kappa shape index (κ3) is 1.51. The third-order valence-electron chi connectivity index (χ3n) is 2.50. The van der Waals surface area contributed by atoms with Gasteiger partial charge in [0.1, 0.15) is 0 Å². The molecule has 0 bridgehead atoms. The van der Waals surface area contributed by atoms with E-state index in [1.165, 1.54) is 11.3 Å². The molecule has 0 aromatic carbocycles. The minimum absolute atomic E-state index is 0.440. The van der Waals surface area contributed by atoms with Gasteiger partial charge in [-0.25, -0.2) is 0 Å². The van der Waals surface area contributed by atoms with Gasteiger partial charge < -0.3 is 5.11 Å². The molecule has 2 rings (SSSR count). The van der Waals surface area contributed by atoms with Crippen molar-refractivity contribution >= 4 is 22.9 Å². The molecule has 1 aliphatic rings. The molecule has 1 aromatic rings. The molecule has 0 spiro atoms. The van der Waals surface area contributed by atoms with Crippen LogP contribution in [0.25, 0.3) is 0 Å². The topological polar surface area (TPSA) is 20.2 Å². The van der Waals surface area contributed by atoms with Crippen LogP contribution in [-0.4, -0.2) is 10.7 Å². The van der Waals surface area contributed by atoms with Crippen molar-refractivity contribution in [3.63, 3.8) is 0 Å². The lowest BCUT2D eigenvalue weighted by molar-refractivity contribution is -0.0322. The van der Waals surface area contributed by atoms with E-state index < -0.39 is 5.60 Å². The van der Waals surface area contributed by atoms with E-state index in [0.717, 1.165) is 35.6 Å². The molecule has 0 aliphatic heterocycles. The van der Waals surface area contributed by atoms with Gasteiger partial charge in [-0.3, -0.25) is 0 Å². The van der Waals surface area contributed by atoms with Crippen LogP contribution in [0.5, 0.6) is 0 Å². The summed E-state index contributed by atoms with van der Waals surface area (Å²) in [5.41, 5.74) is 0.661. The zero-order valence-electron chi connectivity index (χ0n) is 6.72. The lowest BCUT2D eigenvalue weighted by atomic mass is 9.76. The van der Waals surface area contributed by atoms with Crippen LogP contribution in [-0.2, 0) is 6.42 Å². The van der Waals surface area contributed by atoms with Gasteiger partial charge in [0, 0.05) is 6.42 Å². The molecule has 1 N–H and O–H groups in total. The number of halogens is 1. The Bertz CT molecular complexity index is 278. The molecule has 1 aromatic heterocycles. The lowest BCUT2D eigenvalue weighted by Crippen LogP contribution is -2.38. The fourth-order valence-corrected chi connectivity index (χ4v) is 2.49. The molecular formula is C9H11ClOS. The Kier molecular flexibility index (Phi) is 2.15. The number of aliphatic hydroxyl groups is 1. The van der Waals surface area contributed by atoms with Gasteiger partial charge in [-0.05, 0) is 36.3 Å². The Labute approximate surface area is 81.0 Å². The van der Waals surface area contributed by atoms with Gasteiger partial charge in [-0.2, -0.15) is 0 Å². The van der Waals surface area contributed by atoms with Crippen LogP contribution in [0.3, 0.4) is 0 Å². The van der Waals surface area contributed by atoms with E-state index in [1.807, 2.05) is 11.4 Å². The fourth-order valence-electron chi connectivity index (χ4n) is 1.56. The third-order valence-corrected chi connectivity index (χ3v) is 3.75. The summed E-state index contributed by atoms with van der Waals surface area (Å²) in [6.45, 7) is 0. The van der Waals surface area contributed by atoms with Crippen LogP contribution in [0.1, 0.15) is 24.8 Å². The summed E-state index contributed by atoms with van der Waals surface area (Å²) in [5.74, 6) is 0. The first-order valence-electron chi connectivity index (χ1n) is 4.14. The molecule has 1 fully saturated rings. The van der Waals surface area contributed by atoms with Crippen molar-refractivity contribution in [1.82, 2.24) is 0 Å². The van der Waals surface area contributed by atoms with Gasteiger partial charge in [0.2, 0.25) is 0 Å². The van der Waals surface area contributed by atoms with Gasteiger partial charge in [-0.15, -0.1) is 11.3 Å². The molecule has 1 heterocycles. The van der Waals surface area contributed by atoms with Crippen molar-refractivity contribution in [3.8, 4) is 0 Å². The summed E-state index contributed by atoms with van der Waals surface area (Å²) in [6, 6.07) is 2.00. The number of hydrogen-bond acceptors (Lipinski definition) is 2. The molecule has 12 heavy (non-hydrogen) atoms. The first kappa shape index (κ1) is 8.54. The summed E-state index contributed by atoms with van der Waals surface area (Å²) in [6.07, 6.45) is 3.74.